The molecule has 0 saturated carbocycles. The molecule has 0 aromatic heterocycles. The fourth-order valence-electron chi connectivity index (χ4n) is 1.14. The molecule has 90 valence electrons. The Labute approximate surface area is 93.9 Å². The zero-order valence-electron chi connectivity index (χ0n) is 8.95. The number of quaternary nitrogens is 1. The minimum atomic E-state index is -3.80. The van der Waals surface area contributed by atoms with E-state index in [1.54, 1.807) is 0 Å². The monoisotopic (exact) mass is 258 g/mol. The maximum Gasteiger partial charge on any atom is 0.322 e. The maximum atomic E-state index is 10.5. The van der Waals surface area contributed by atoms with Crippen molar-refractivity contribution < 1.29 is 28.7 Å². The number of likely N-dealkylation sites (N-methyl/N-ethyl adjacent to an activating group) is 1. The quantitative estimate of drug-likeness (QED) is 0.450. The number of rotatable bonds is 6. The molecule has 0 aromatic rings. The van der Waals surface area contributed by atoms with Gasteiger partial charge in [0.05, 0.1) is 27.6 Å². The van der Waals surface area contributed by atoms with Crippen LogP contribution in [0.2, 0.25) is 0 Å². The van der Waals surface area contributed by atoms with Crippen LogP contribution in [0.25, 0.3) is 0 Å². The van der Waals surface area contributed by atoms with Crippen LogP contribution in [0.15, 0.2) is 0 Å². The normalized spacial score (nSPS) is 15.0. The zero-order valence-corrected chi connectivity index (χ0v) is 10.7. The Morgan fingerprint density at radius 3 is 2.20 bits per heavy atom. The highest BCUT2D eigenvalue weighted by atomic mass is 32.5. The molecule has 0 spiro atoms. The first-order valence-electron chi connectivity index (χ1n) is 4.26. The van der Waals surface area contributed by atoms with Crippen LogP contribution in [0.1, 0.15) is 6.42 Å². The fraction of sp³-hybridized carbons (Fsp3) is 0.857. The summed E-state index contributed by atoms with van der Waals surface area (Å²) in [5.74, 6) is -1.06. The lowest BCUT2D eigenvalue weighted by Crippen LogP contribution is -2.42. The van der Waals surface area contributed by atoms with E-state index in [1.165, 1.54) is 0 Å². The van der Waals surface area contributed by atoms with Crippen LogP contribution in [-0.2, 0) is 21.1 Å². The highest BCUT2D eigenvalue weighted by molar-refractivity contribution is 8.06. The van der Waals surface area contributed by atoms with E-state index in [0.717, 1.165) is 0 Å². The molecule has 0 aromatic carbocycles. The van der Waals surface area contributed by atoms with Crippen molar-refractivity contribution in [3.63, 3.8) is 0 Å². The summed E-state index contributed by atoms with van der Waals surface area (Å²) in [5, 5.41) is 8.61. The highest BCUT2D eigenvalue weighted by Crippen LogP contribution is 2.39. The summed E-state index contributed by atoms with van der Waals surface area (Å²) in [6, 6.07) is 0. The smallest absolute Gasteiger partial charge is 0.322 e. The molecule has 0 amide bonds. The van der Waals surface area contributed by atoms with Crippen LogP contribution in [0, 0.1) is 0 Å². The number of aliphatic carboxylic acids is 1. The summed E-state index contributed by atoms with van der Waals surface area (Å²) >= 11 is 4.30. The van der Waals surface area contributed by atoms with Crippen LogP contribution >= 0.6 is 6.72 Å². The first-order valence-corrected chi connectivity index (χ1v) is 6.88. The van der Waals surface area contributed by atoms with E-state index in [9.17, 15) is 4.79 Å². The van der Waals surface area contributed by atoms with E-state index in [0.29, 0.717) is 11.0 Å². The number of carbonyl (C=O) groups is 1. The van der Waals surface area contributed by atoms with E-state index in [4.69, 9.17) is 19.4 Å². The van der Waals surface area contributed by atoms with Crippen LogP contribution in [-0.4, -0.2) is 59.1 Å². The third-order valence-corrected chi connectivity index (χ3v) is 2.27. The Balaban J connectivity index is 4.45. The van der Waals surface area contributed by atoms with Crippen LogP contribution in [0.4, 0.5) is 0 Å². The molecular weight excluding hydrogens is 241 g/mol. The second-order valence-corrected chi connectivity index (χ2v) is 6.91. The van der Waals surface area contributed by atoms with Crippen LogP contribution in [0.5, 0.6) is 0 Å². The molecule has 0 aliphatic carbocycles. The Morgan fingerprint density at radius 2 is 1.93 bits per heavy atom. The van der Waals surface area contributed by atoms with Crippen molar-refractivity contribution in [1.29, 1.82) is 0 Å². The SMILES string of the molecule is C[N+](C)(C)CC(CC(=O)O)OP(O)(O)=S. The van der Waals surface area contributed by atoms with Gasteiger partial charge in [-0.05, 0) is 11.8 Å². The van der Waals surface area contributed by atoms with Crippen LogP contribution < -0.4 is 0 Å². The van der Waals surface area contributed by atoms with Gasteiger partial charge >= 0.3 is 12.7 Å². The van der Waals surface area contributed by atoms with Gasteiger partial charge in [0.2, 0.25) is 0 Å². The van der Waals surface area contributed by atoms with Crippen molar-refractivity contribution in [2.45, 2.75) is 12.5 Å². The number of hydrogen-bond donors (Lipinski definition) is 3. The standard InChI is InChI=1S/C7H16NO5PS/c1-8(2,3)5-6(4-7(9)10)13-14(11,12)15/h6H,4-5H2,1-3H3,(H2-,9,10,11,12,15)/p+1. The van der Waals surface area contributed by atoms with Gasteiger partial charge in [-0.1, -0.05) is 0 Å². The fourth-order valence-corrected chi connectivity index (χ4v) is 2.03. The largest absolute Gasteiger partial charge is 0.481 e. The van der Waals surface area contributed by atoms with Gasteiger partial charge in [-0.2, -0.15) is 0 Å². The Bertz CT molecular complexity index is 271. The van der Waals surface area contributed by atoms with Crippen LogP contribution in [0.3, 0.4) is 0 Å². The molecule has 0 heterocycles. The molecule has 0 radical (unpaired) electrons. The predicted molar refractivity (Wildman–Crippen MR) is 58.7 cm³/mol. The summed E-state index contributed by atoms with van der Waals surface area (Å²) < 4.78 is 5.22. The lowest BCUT2D eigenvalue weighted by atomic mass is 10.2. The van der Waals surface area contributed by atoms with E-state index < -0.39 is 18.8 Å². The Morgan fingerprint density at radius 1 is 1.47 bits per heavy atom. The molecule has 0 aliphatic heterocycles. The summed E-state index contributed by atoms with van der Waals surface area (Å²) in [4.78, 5) is 28.4. The van der Waals surface area contributed by atoms with Gasteiger partial charge in [0.1, 0.15) is 12.6 Å². The number of nitrogens with zero attached hydrogens (tertiary/aromatic N) is 1. The second kappa shape index (κ2) is 5.34. The predicted octanol–water partition coefficient (Wildman–Crippen LogP) is -0.238. The van der Waals surface area contributed by atoms with Gasteiger partial charge in [-0.25, -0.2) is 0 Å². The molecule has 0 aliphatic rings. The molecule has 1 unspecified atom stereocenters. The summed E-state index contributed by atoms with van der Waals surface area (Å²) in [6.45, 7) is -3.47. The molecule has 0 rings (SSSR count). The number of carboxylic acid groups (broad SMARTS) is 1. The third kappa shape index (κ3) is 10.2. The summed E-state index contributed by atoms with van der Waals surface area (Å²) in [5.41, 5.74) is 0. The van der Waals surface area contributed by atoms with Gasteiger partial charge in [-0.15, -0.1) is 0 Å². The van der Waals surface area contributed by atoms with E-state index in [2.05, 4.69) is 11.8 Å². The summed E-state index contributed by atoms with van der Waals surface area (Å²) in [6.07, 6.45) is -1.09. The Kier molecular flexibility index (Phi) is 5.32. The minimum Gasteiger partial charge on any atom is -0.481 e. The van der Waals surface area contributed by atoms with Gasteiger partial charge in [0.25, 0.3) is 0 Å². The lowest BCUT2D eigenvalue weighted by Gasteiger charge is -2.29. The van der Waals surface area contributed by atoms with Crippen molar-refractivity contribution in [1.82, 2.24) is 0 Å². The first-order chi connectivity index (χ1) is 6.49. The van der Waals surface area contributed by atoms with Crippen molar-refractivity contribution in [3.05, 3.63) is 0 Å². The van der Waals surface area contributed by atoms with E-state index >= 15 is 0 Å². The van der Waals surface area contributed by atoms with E-state index in [-0.39, 0.29) is 6.42 Å². The molecule has 0 saturated heterocycles. The lowest BCUT2D eigenvalue weighted by molar-refractivity contribution is -0.873. The second-order valence-electron chi connectivity index (χ2n) is 4.29. The van der Waals surface area contributed by atoms with Gasteiger partial charge in [0.15, 0.2) is 0 Å². The number of hydrogen-bond acceptors (Lipinski definition) is 3. The topological polar surface area (TPSA) is 87.0 Å². The molecule has 1 atom stereocenters. The highest BCUT2D eigenvalue weighted by Gasteiger charge is 2.26. The van der Waals surface area contributed by atoms with Gasteiger partial charge < -0.3 is 19.4 Å². The molecule has 8 heteroatoms. The molecule has 3 N–H and O–H groups in total. The molecule has 0 bridgehead atoms. The van der Waals surface area contributed by atoms with Crippen molar-refractivity contribution in [2.75, 3.05) is 27.7 Å². The maximum absolute atomic E-state index is 10.5. The zero-order chi connectivity index (χ0) is 12.3. The molecular formula is C7H17NO5PS+. The van der Waals surface area contributed by atoms with Crippen molar-refractivity contribution >= 4 is 24.5 Å². The third-order valence-electron chi connectivity index (χ3n) is 1.44. The molecule has 15 heavy (non-hydrogen) atoms. The average Bonchev–Trinajstić information content (AvgIpc) is 1.73. The van der Waals surface area contributed by atoms with Crippen molar-refractivity contribution in [2.24, 2.45) is 0 Å². The number of carboxylic acids is 1. The van der Waals surface area contributed by atoms with Crippen molar-refractivity contribution in [3.8, 4) is 0 Å². The van der Waals surface area contributed by atoms with Gasteiger partial charge in [0, 0.05) is 0 Å². The molecule has 6 nitrogen and oxygen atoms in total. The average molecular weight is 258 g/mol. The van der Waals surface area contributed by atoms with Gasteiger partial charge in [-0.3, -0.25) is 9.32 Å². The first kappa shape index (κ1) is 15.0. The minimum absolute atomic E-state index is 0.297. The molecule has 0 fully saturated rings. The summed E-state index contributed by atoms with van der Waals surface area (Å²) in [7, 11) is 5.53. The van der Waals surface area contributed by atoms with E-state index in [1.807, 2.05) is 21.1 Å². The Hall–Kier alpha value is -0.0400.